The van der Waals surface area contributed by atoms with Crippen LogP contribution in [0.3, 0.4) is 0 Å². The van der Waals surface area contributed by atoms with E-state index in [2.05, 4.69) is 17.2 Å². The van der Waals surface area contributed by atoms with Crippen molar-refractivity contribution in [3.8, 4) is 0 Å². The average Bonchev–Trinajstić information content (AvgIpc) is 3.16. The molecule has 0 aliphatic heterocycles. The molecule has 1 aliphatic rings. The van der Waals surface area contributed by atoms with E-state index in [-0.39, 0.29) is 21.8 Å². The van der Waals surface area contributed by atoms with E-state index in [9.17, 15) is 14.9 Å². The number of pyridine rings is 1. The quantitative estimate of drug-likeness (QED) is 0.497. The van der Waals surface area contributed by atoms with Gasteiger partial charge in [0.15, 0.2) is 0 Å². The van der Waals surface area contributed by atoms with Crippen LogP contribution in [-0.2, 0) is 0 Å². The Hall–Kier alpha value is -1.69. The van der Waals surface area contributed by atoms with Gasteiger partial charge in [-0.05, 0) is 30.7 Å². The molecule has 0 saturated heterocycles. The lowest BCUT2D eigenvalue weighted by atomic mass is 10.0. The Balaban J connectivity index is 2.09. The minimum atomic E-state index is -0.628. The van der Waals surface area contributed by atoms with E-state index in [0.29, 0.717) is 6.54 Å². The number of rotatable bonds is 6. The Bertz CT molecular complexity index is 544. The second-order valence-corrected chi connectivity index (χ2v) is 5.60. The van der Waals surface area contributed by atoms with Gasteiger partial charge in [0, 0.05) is 6.54 Å². The van der Waals surface area contributed by atoms with Crippen LogP contribution in [0.5, 0.6) is 0 Å². The molecular weight excluding hydrogens is 282 g/mol. The van der Waals surface area contributed by atoms with Crippen molar-refractivity contribution in [3.05, 3.63) is 33.1 Å². The van der Waals surface area contributed by atoms with Crippen molar-refractivity contribution in [2.45, 2.75) is 32.6 Å². The Morgan fingerprint density at radius 2 is 2.30 bits per heavy atom. The zero-order chi connectivity index (χ0) is 14.8. The Labute approximate surface area is 121 Å². The maximum atomic E-state index is 12.1. The molecule has 1 aromatic rings. The van der Waals surface area contributed by atoms with E-state index in [0.717, 1.165) is 31.9 Å². The molecule has 1 N–H and O–H groups in total. The summed E-state index contributed by atoms with van der Waals surface area (Å²) in [6.07, 6.45) is 5.33. The maximum Gasteiger partial charge on any atom is 0.300 e. The second kappa shape index (κ2) is 5.75. The molecule has 0 radical (unpaired) electrons. The van der Waals surface area contributed by atoms with Crippen molar-refractivity contribution in [2.24, 2.45) is 5.41 Å². The molecule has 0 aromatic carbocycles. The Morgan fingerprint density at radius 1 is 1.60 bits per heavy atom. The lowest BCUT2D eigenvalue weighted by Crippen LogP contribution is -2.30. The van der Waals surface area contributed by atoms with Gasteiger partial charge in [0.2, 0.25) is 0 Å². The Morgan fingerprint density at radius 3 is 2.85 bits per heavy atom. The molecule has 0 spiro atoms. The number of carbonyl (C=O) groups excluding carboxylic acids is 1. The number of nitro groups is 1. The van der Waals surface area contributed by atoms with Crippen LogP contribution >= 0.6 is 11.6 Å². The topological polar surface area (TPSA) is 85.1 Å². The lowest BCUT2D eigenvalue weighted by Gasteiger charge is -2.14. The number of nitrogens with zero attached hydrogens (tertiary/aromatic N) is 2. The highest BCUT2D eigenvalue weighted by atomic mass is 35.5. The van der Waals surface area contributed by atoms with E-state index in [1.165, 1.54) is 6.07 Å². The molecule has 6 nitrogen and oxygen atoms in total. The highest BCUT2D eigenvalue weighted by molar-refractivity contribution is 6.29. The number of halogens is 1. The van der Waals surface area contributed by atoms with Gasteiger partial charge in [0.1, 0.15) is 16.9 Å². The molecule has 20 heavy (non-hydrogen) atoms. The summed E-state index contributed by atoms with van der Waals surface area (Å²) >= 11 is 5.70. The fourth-order valence-corrected chi connectivity index (χ4v) is 2.49. The molecule has 108 valence electrons. The highest BCUT2D eigenvalue weighted by Gasteiger charge is 2.41. The normalized spacial score (nSPS) is 15.7. The average molecular weight is 298 g/mol. The summed E-state index contributed by atoms with van der Waals surface area (Å²) in [4.78, 5) is 26.0. The molecule has 1 aromatic heterocycles. The summed E-state index contributed by atoms with van der Waals surface area (Å²) in [5, 5.41) is 13.7. The van der Waals surface area contributed by atoms with E-state index in [1.54, 1.807) is 0 Å². The first kappa shape index (κ1) is 14.7. The summed E-state index contributed by atoms with van der Waals surface area (Å²) in [7, 11) is 0. The first-order valence-corrected chi connectivity index (χ1v) is 6.93. The van der Waals surface area contributed by atoms with E-state index >= 15 is 0 Å². The molecule has 2 rings (SSSR count). The third-order valence-electron chi connectivity index (χ3n) is 3.65. The van der Waals surface area contributed by atoms with Gasteiger partial charge >= 0.3 is 0 Å². The summed E-state index contributed by atoms with van der Waals surface area (Å²) in [6, 6.07) is 1.23. The largest absolute Gasteiger partial charge is 0.351 e. The van der Waals surface area contributed by atoms with Crippen LogP contribution < -0.4 is 5.32 Å². The molecule has 7 heteroatoms. The molecule has 0 atom stereocenters. The molecule has 1 amide bonds. The van der Waals surface area contributed by atoms with Gasteiger partial charge in [-0.1, -0.05) is 24.9 Å². The van der Waals surface area contributed by atoms with Crippen LogP contribution in [0.15, 0.2) is 12.3 Å². The van der Waals surface area contributed by atoms with Gasteiger partial charge in [0.25, 0.3) is 11.6 Å². The van der Waals surface area contributed by atoms with Crippen LogP contribution in [0.4, 0.5) is 5.69 Å². The summed E-state index contributed by atoms with van der Waals surface area (Å²) in [5.41, 5.74) is -0.176. The van der Waals surface area contributed by atoms with Crippen LogP contribution in [0.1, 0.15) is 43.0 Å². The van der Waals surface area contributed by atoms with Crippen molar-refractivity contribution in [3.63, 3.8) is 0 Å². The van der Waals surface area contributed by atoms with Gasteiger partial charge in [-0.25, -0.2) is 4.98 Å². The predicted molar refractivity (Wildman–Crippen MR) is 74.8 cm³/mol. The number of carbonyl (C=O) groups is 1. The smallest absolute Gasteiger partial charge is 0.300 e. The van der Waals surface area contributed by atoms with Crippen LogP contribution in [0, 0.1) is 15.5 Å². The van der Waals surface area contributed by atoms with Crippen LogP contribution in [0.25, 0.3) is 0 Å². The van der Waals surface area contributed by atoms with Gasteiger partial charge in [-0.3, -0.25) is 14.9 Å². The van der Waals surface area contributed by atoms with E-state index in [1.807, 2.05) is 0 Å². The van der Waals surface area contributed by atoms with Crippen molar-refractivity contribution in [1.29, 1.82) is 0 Å². The third kappa shape index (κ3) is 3.25. The summed E-state index contributed by atoms with van der Waals surface area (Å²) in [6.45, 7) is 2.66. The zero-order valence-corrected chi connectivity index (χ0v) is 11.9. The SMILES string of the molecule is CCCC1(CNC(=O)c2cc(Cl)ncc2[N+](=O)[O-])CC1. The number of aromatic nitrogens is 1. The molecular formula is C13H16ClN3O3. The predicted octanol–water partition coefficient (Wildman–Crippen LogP) is 2.95. The lowest BCUT2D eigenvalue weighted by molar-refractivity contribution is -0.385. The monoisotopic (exact) mass is 297 g/mol. The van der Waals surface area contributed by atoms with E-state index < -0.39 is 10.8 Å². The van der Waals surface area contributed by atoms with Crippen LogP contribution in [-0.4, -0.2) is 22.4 Å². The fraction of sp³-hybridized carbons (Fsp3) is 0.538. The molecule has 1 fully saturated rings. The van der Waals surface area contributed by atoms with Crippen molar-refractivity contribution < 1.29 is 9.72 Å². The van der Waals surface area contributed by atoms with Crippen molar-refractivity contribution >= 4 is 23.2 Å². The number of hydrogen-bond donors (Lipinski definition) is 1. The summed E-state index contributed by atoms with van der Waals surface area (Å²) < 4.78 is 0. The van der Waals surface area contributed by atoms with Gasteiger partial charge in [-0.2, -0.15) is 0 Å². The van der Waals surface area contributed by atoms with Gasteiger partial charge in [0.05, 0.1) is 4.92 Å². The molecule has 1 heterocycles. The van der Waals surface area contributed by atoms with Crippen molar-refractivity contribution in [1.82, 2.24) is 10.3 Å². The first-order valence-electron chi connectivity index (χ1n) is 6.55. The second-order valence-electron chi connectivity index (χ2n) is 5.21. The summed E-state index contributed by atoms with van der Waals surface area (Å²) in [5.74, 6) is -0.469. The molecule has 1 saturated carbocycles. The van der Waals surface area contributed by atoms with Crippen LogP contribution in [0.2, 0.25) is 5.15 Å². The van der Waals surface area contributed by atoms with Crippen molar-refractivity contribution in [2.75, 3.05) is 6.54 Å². The standard InChI is InChI=1S/C13H16ClN3O3/c1-2-3-13(4-5-13)8-16-12(18)9-6-11(14)15-7-10(9)17(19)20/h6-7H,2-5,8H2,1H3,(H,16,18). The van der Waals surface area contributed by atoms with E-state index in [4.69, 9.17) is 11.6 Å². The maximum absolute atomic E-state index is 12.1. The van der Waals surface area contributed by atoms with Gasteiger partial charge in [-0.15, -0.1) is 0 Å². The number of hydrogen-bond acceptors (Lipinski definition) is 4. The Kier molecular flexibility index (Phi) is 4.23. The minimum Gasteiger partial charge on any atom is -0.351 e. The molecule has 0 unspecified atom stereocenters. The molecule has 0 bridgehead atoms. The number of amides is 1. The first-order chi connectivity index (χ1) is 9.47. The van der Waals surface area contributed by atoms with Gasteiger partial charge < -0.3 is 5.32 Å². The molecule has 1 aliphatic carbocycles. The minimum absolute atomic E-state index is 0.0395. The number of nitrogens with one attached hydrogen (secondary N) is 1. The highest BCUT2D eigenvalue weighted by Crippen LogP contribution is 2.48. The fourth-order valence-electron chi connectivity index (χ4n) is 2.34. The zero-order valence-electron chi connectivity index (χ0n) is 11.2. The third-order valence-corrected chi connectivity index (χ3v) is 3.86.